The van der Waals surface area contributed by atoms with Crippen LogP contribution in [0.1, 0.15) is 41.5 Å². The zero-order valence-corrected chi connectivity index (χ0v) is 15.0. The first kappa shape index (κ1) is 17.0. The number of carbonyl (C=O) groups excluding carboxylic acids is 1. The Morgan fingerprint density at radius 1 is 1.29 bits per heavy atom. The van der Waals surface area contributed by atoms with Gasteiger partial charge in [0.1, 0.15) is 0 Å². The van der Waals surface area contributed by atoms with Crippen LogP contribution >= 0.6 is 11.6 Å². The van der Waals surface area contributed by atoms with Crippen LogP contribution in [-0.4, -0.2) is 39.2 Å². The summed E-state index contributed by atoms with van der Waals surface area (Å²) in [5.74, 6) is 0.0624. The lowest BCUT2D eigenvalue weighted by Gasteiger charge is -2.36. The molecule has 1 aromatic heterocycles. The van der Waals surface area contributed by atoms with Crippen LogP contribution in [0.15, 0.2) is 24.3 Å². The van der Waals surface area contributed by atoms with Gasteiger partial charge in [-0.1, -0.05) is 11.6 Å². The van der Waals surface area contributed by atoms with Crippen molar-refractivity contribution >= 4 is 17.5 Å². The Balaban J connectivity index is 1.81. The van der Waals surface area contributed by atoms with E-state index in [9.17, 15) is 4.79 Å². The SMILES string of the molecule is Cc1nn(-c2ccc(C(=O)N3CCC(N)CC3C)cc2)c(C)c1Cl. The van der Waals surface area contributed by atoms with Gasteiger partial charge in [-0.25, -0.2) is 4.68 Å². The van der Waals surface area contributed by atoms with Crippen molar-refractivity contribution in [3.63, 3.8) is 0 Å². The highest BCUT2D eigenvalue weighted by molar-refractivity contribution is 6.31. The van der Waals surface area contributed by atoms with Gasteiger partial charge in [0.15, 0.2) is 0 Å². The molecule has 24 heavy (non-hydrogen) atoms. The molecule has 2 N–H and O–H groups in total. The number of benzene rings is 1. The number of nitrogens with zero attached hydrogens (tertiary/aromatic N) is 3. The van der Waals surface area contributed by atoms with E-state index in [0.717, 1.165) is 36.5 Å². The molecule has 1 amide bonds. The number of aromatic nitrogens is 2. The number of piperidine rings is 1. The third kappa shape index (κ3) is 3.06. The molecule has 3 rings (SSSR count). The molecule has 0 bridgehead atoms. The van der Waals surface area contributed by atoms with Gasteiger partial charge >= 0.3 is 0 Å². The molecule has 2 heterocycles. The van der Waals surface area contributed by atoms with E-state index in [2.05, 4.69) is 12.0 Å². The van der Waals surface area contributed by atoms with Gasteiger partial charge in [0.2, 0.25) is 0 Å². The lowest BCUT2D eigenvalue weighted by atomic mass is 9.98. The lowest BCUT2D eigenvalue weighted by molar-refractivity contribution is 0.0619. The molecule has 2 unspecified atom stereocenters. The fraction of sp³-hybridized carbons (Fsp3) is 0.444. The predicted octanol–water partition coefficient (Wildman–Crippen LogP) is 3.09. The summed E-state index contributed by atoms with van der Waals surface area (Å²) >= 11 is 6.21. The standard InChI is InChI=1S/C18H23ClN4O/c1-11-10-15(20)8-9-22(11)18(24)14-4-6-16(7-5-14)23-13(3)17(19)12(2)21-23/h4-7,11,15H,8-10,20H2,1-3H3. The second-order valence-corrected chi connectivity index (χ2v) is 6.95. The van der Waals surface area contributed by atoms with Gasteiger partial charge in [0, 0.05) is 24.2 Å². The Morgan fingerprint density at radius 3 is 2.50 bits per heavy atom. The second kappa shape index (κ2) is 6.57. The van der Waals surface area contributed by atoms with Gasteiger partial charge in [-0.15, -0.1) is 0 Å². The van der Waals surface area contributed by atoms with E-state index >= 15 is 0 Å². The summed E-state index contributed by atoms with van der Waals surface area (Å²) in [6.07, 6.45) is 1.71. The summed E-state index contributed by atoms with van der Waals surface area (Å²) in [7, 11) is 0. The zero-order valence-electron chi connectivity index (χ0n) is 14.3. The van der Waals surface area contributed by atoms with E-state index in [0.29, 0.717) is 10.6 Å². The zero-order chi connectivity index (χ0) is 17.4. The fourth-order valence-electron chi connectivity index (χ4n) is 3.30. The van der Waals surface area contributed by atoms with Crippen LogP contribution in [0, 0.1) is 13.8 Å². The van der Waals surface area contributed by atoms with Crippen LogP contribution in [0.4, 0.5) is 0 Å². The number of hydrogen-bond donors (Lipinski definition) is 1. The highest BCUT2D eigenvalue weighted by Crippen LogP contribution is 2.23. The molecular weight excluding hydrogens is 324 g/mol. The normalized spacial score (nSPS) is 21.1. The Labute approximate surface area is 147 Å². The number of likely N-dealkylation sites (tertiary alicyclic amines) is 1. The molecule has 0 radical (unpaired) electrons. The third-order valence-corrected chi connectivity index (χ3v) is 5.29. The average Bonchev–Trinajstić information content (AvgIpc) is 2.82. The molecule has 6 heteroatoms. The molecule has 128 valence electrons. The van der Waals surface area contributed by atoms with Crippen LogP contribution in [0.25, 0.3) is 5.69 Å². The monoisotopic (exact) mass is 346 g/mol. The van der Waals surface area contributed by atoms with Crippen molar-refractivity contribution in [1.29, 1.82) is 0 Å². The first-order valence-corrected chi connectivity index (χ1v) is 8.65. The van der Waals surface area contributed by atoms with Crippen molar-refractivity contribution in [1.82, 2.24) is 14.7 Å². The summed E-state index contributed by atoms with van der Waals surface area (Å²) in [6, 6.07) is 7.89. The minimum absolute atomic E-state index is 0.0624. The molecule has 1 aliphatic heterocycles. The number of hydrogen-bond acceptors (Lipinski definition) is 3. The summed E-state index contributed by atoms with van der Waals surface area (Å²) < 4.78 is 1.80. The van der Waals surface area contributed by atoms with Crippen molar-refractivity contribution in [2.24, 2.45) is 5.73 Å². The van der Waals surface area contributed by atoms with Crippen LogP contribution in [-0.2, 0) is 0 Å². The van der Waals surface area contributed by atoms with Crippen molar-refractivity contribution < 1.29 is 4.79 Å². The molecule has 2 aromatic rings. The number of nitrogens with two attached hydrogens (primary N) is 1. The van der Waals surface area contributed by atoms with Crippen LogP contribution in [0.2, 0.25) is 5.02 Å². The quantitative estimate of drug-likeness (QED) is 0.908. The lowest BCUT2D eigenvalue weighted by Crippen LogP contribution is -2.48. The van der Waals surface area contributed by atoms with Crippen LogP contribution in [0.5, 0.6) is 0 Å². The summed E-state index contributed by atoms with van der Waals surface area (Å²) in [5.41, 5.74) is 9.26. The maximum Gasteiger partial charge on any atom is 0.254 e. The van der Waals surface area contributed by atoms with E-state index in [-0.39, 0.29) is 18.0 Å². The van der Waals surface area contributed by atoms with E-state index in [4.69, 9.17) is 17.3 Å². The Bertz CT molecular complexity index is 753. The molecule has 1 aliphatic rings. The van der Waals surface area contributed by atoms with E-state index in [1.807, 2.05) is 43.0 Å². The van der Waals surface area contributed by atoms with Crippen molar-refractivity contribution in [2.75, 3.05) is 6.54 Å². The summed E-state index contributed by atoms with van der Waals surface area (Å²) in [5, 5.41) is 5.11. The van der Waals surface area contributed by atoms with Gasteiger partial charge in [-0.2, -0.15) is 5.10 Å². The number of amides is 1. The molecule has 0 saturated carbocycles. The van der Waals surface area contributed by atoms with Crippen LogP contribution < -0.4 is 5.73 Å². The third-order valence-electron chi connectivity index (χ3n) is 4.74. The van der Waals surface area contributed by atoms with Gasteiger partial charge < -0.3 is 10.6 Å². The molecular formula is C18H23ClN4O. The van der Waals surface area contributed by atoms with Gasteiger partial charge in [0.25, 0.3) is 5.91 Å². The number of halogens is 1. The molecule has 2 atom stereocenters. The van der Waals surface area contributed by atoms with Gasteiger partial charge in [-0.05, 0) is 57.9 Å². The molecule has 1 aromatic carbocycles. The molecule has 0 aliphatic carbocycles. The predicted molar refractivity (Wildman–Crippen MR) is 95.8 cm³/mol. The largest absolute Gasteiger partial charge is 0.336 e. The highest BCUT2D eigenvalue weighted by Gasteiger charge is 2.27. The van der Waals surface area contributed by atoms with Crippen molar-refractivity contribution in [2.45, 2.75) is 45.7 Å². The average molecular weight is 347 g/mol. The molecule has 0 spiro atoms. The molecule has 5 nitrogen and oxygen atoms in total. The fourth-order valence-corrected chi connectivity index (χ4v) is 3.41. The number of rotatable bonds is 2. The smallest absolute Gasteiger partial charge is 0.254 e. The minimum Gasteiger partial charge on any atom is -0.336 e. The summed E-state index contributed by atoms with van der Waals surface area (Å²) in [4.78, 5) is 14.6. The van der Waals surface area contributed by atoms with Gasteiger partial charge in [0.05, 0.1) is 22.1 Å². The van der Waals surface area contributed by atoms with Crippen molar-refractivity contribution in [3.05, 3.63) is 46.2 Å². The molecule has 1 saturated heterocycles. The summed E-state index contributed by atoms with van der Waals surface area (Å²) in [6.45, 7) is 6.59. The maximum absolute atomic E-state index is 12.7. The molecule has 1 fully saturated rings. The van der Waals surface area contributed by atoms with E-state index < -0.39 is 0 Å². The first-order chi connectivity index (χ1) is 11.4. The van der Waals surface area contributed by atoms with Crippen molar-refractivity contribution in [3.8, 4) is 5.69 Å². The van der Waals surface area contributed by atoms with Crippen LogP contribution in [0.3, 0.4) is 0 Å². The Hall–Kier alpha value is -1.85. The van der Waals surface area contributed by atoms with E-state index in [1.165, 1.54) is 0 Å². The number of carbonyl (C=O) groups is 1. The highest BCUT2D eigenvalue weighted by atomic mass is 35.5. The van der Waals surface area contributed by atoms with Gasteiger partial charge in [-0.3, -0.25) is 4.79 Å². The Kier molecular flexibility index (Phi) is 4.65. The first-order valence-electron chi connectivity index (χ1n) is 8.27. The second-order valence-electron chi connectivity index (χ2n) is 6.58. The maximum atomic E-state index is 12.7. The van der Waals surface area contributed by atoms with E-state index in [1.54, 1.807) is 4.68 Å². The minimum atomic E-state index is 0.0624. The Morgan fingerprint density at radius 2 is 1.96 bits per heavy atom. The number of aryl methyl sites for hydroxylation is 1. The topological polar surface area (TPSA) is 64.2 Å².